The van der Waals surface area contributed by atoms with Crippen molar-refractivity contribution >= 4 is 18.0 Å². The second kappa shape index (κ2) is 9.52. The van der Waals surface area contributed by atoms with Gasteiger partial charge in [-0.3, -0.25) is 9.59 Å². The average Bonchev–Trinajstić information content (AvgIpc) is 3.09. The van der Waals surface area contributed by atoms with Crippen LogP contribution in [0.25, 0.3) is 11.8 Å². The zero-order valence-corrected chi connectivity index (χ0v) is 18.3. The summed E-state index contributed by atoms with van der Waals surface area (Å²) in [4.78, 5) is 26.3. The molecule has 0 unspecified atom stereocenters. The summed E-state index contributed by atoms with van der Waals surface area (Å²) in [5.74, 6) is 0.0424. The van der Waals surface area contributed by atoms with E-state index in [1.165, 1.54) is 7.11 Å². The molecule has 1 saturated heterocycles. The van der Waals surface area contributed by atoms with Crippen molar-refractivity contribution in [2.75, 3.05) is 27.3 Å². The Labute approximate surface area is 182 Å². The second-order valence-electron chi connectivity index (χ2n) is 7.62. The number of ether oxygens (including phenoxy) is 2. The lowest BCUT2D eigenvalue weighted by atomic mass is 9.96. The van der Waals surface area contributed by atoms with Crippen molar-refractivity contribution in [3.8, 4) is 17.5 Å². The minimum Gasteiger partial charge on any atom is -0.497 e. The molecule has 0 saturated carbocycles. The predicted molar refractivity (Wildman–Crippen MR) is 117 cm³/mol. The summed E-state index contributed by atoms with van der Waals surface area (Å²) in [6.45, 7) is 4.81. The molecule has 2 aromatic rings. The fourth-order valence-corrected chi connectivity index (χ4v) is 4.01. The van der Waals surface area contributed by atoms with Gasteiger partial charge in [0.15, 0.2) is 0 Å². The normalized spacial score (nSPS) is 14.8. The molecule has 3 rings (SSSR count). The fraction of sp³-hybridized carbons (Fsp3) is 0.375. The summed E-state index contributed by atoms with van der Waals surface area (Å²) in [5.41, 5.74) is 3.82. The van der Waals surface area contributed by atoms with E-state index in [9.17, 15) is 14.9 Å². The molecule has 7 heteroatoms. The molecule has 0 aliphatic carbocycles. The third kappa shape index (κ3) is 4.64. The van der Waals surface area contributed by atoms with Gasteiger partial charge in [0.25, 0.3) is 5.91 Å². The monoisotopic (exact) mass is 421 g/mol. The van der Waals surface area contributed by atoms with E-state index < -0.39 is 0 Å². The Kier molecular flexibility index (Phi) is 6.81. The van der Waals surface area contributed by atoms with Gasteiger partial charge >= 0.3 is 5.97 Å². The summed E-state index contributed by atoms with van der Waals surface area (Å²) in [6, 6.07) is 11.7. The Morgan fingerprint density at radius 3 is 2.32 bits per heavy atom. The van der Waals surface area contributed by atoms with E-state index in [2.05, 4.69) is 10.6 Å². The van der Waals surface area contributed by atoms with Crippen LogP contribution < -0.4 is 4.74 Å². The maximum Gasteiger partial charge on any atom is 0.308 e. The topological polar surface area (TPSA) is 84.6 Å². The third-order valence-electron chi connectivity index (χ3n) is 5.77. The average molecular weight is 421 g/mol. The van der Waals surface area contributed by atoms with Gasteiger partial charge in [0.1, 0.15) is 17.4 Å². The number of likely N-dealkylation sites (tertiary alicyclic amines) is 1. The van der Waals surface area contributed by atoms with Crippen molar-refractivity contribution in [3.63, 3.8) is 0 Å². The van der Waals surface area contributed by atoms with Crippen LogP contribution in [0.2, 0.25) is 0 Å². The number of hydrogen-bond donors (Lipinski definition) is 0. The van der Waals surface area contributed by atoms with Gasteiger partial charge < -0.3 is 18.9 Å². The van der Waals surface area contributed by atoms with Gasteiger partial charge in [0.05, 0.1) is 20.1 Å². The molecule has 0 spiro atoms. The minimum absolute atomic E-state index is 0.0894. The molecular weight excluding hydrogens is 394 g/mol. The zero-order chi connectivity index (χ0) is 22.5. The van der Waals surface area contributed by atoms with Crippen molar-refractivity contribution in [1.82, 2.24) is 9.47 Å². The highest BCUT2D eigenvalue weighted by Gasteiger charge is 2.29. The minimum atomic E-state index is -0.305. The fourth-order valence-electron chi connectivity index (χ4n) is 4.01. The number of piperidine rings is 1. The van der Waals surface area contributed by atoms with Crippen LogP contribution >= 0.6 is 0 Å². The number of nitrogens with zero attached hydrogens (tertiary/aromatic N) is 3. The molecule has 0 bridgehead atoms. The molecule has 0 radical (unpaired) electrons. The van der Waals surface area contributed by atoms with Crippen LogP contribution in [-0.4, -0.2) is 48.7 Å². The number of esters is 1. The highest BCUT2D eigenvalue weighted by molar-refractivity contribution is 6.02. The molecule has 0 N–H and O–H groups in total. The number of aryl methyl sites for hydroxylation is 1. The third-order valence-corrected chi connectivity index (χ3v) is 5.77. The Bertz CT molecular complexity index is 1040. The number of carbonyl (C=O) groups is 2. The lowest BCUT2D eigenvalue weighted by molar-refractivity contribution is -0.148. The van der Waals surface area contributed by atoms with Crippen molar-refractivity contribution in [1.29, 1.82) is 5.26 Å². The number of nitriles is 1. The van der Waals surface area contributed by atoms with E-state index in [-0.39, 0.29) is 23.4 Å². The SMILES string of the molecule is COC(=O)C1CCN(C(=O)C(C#N)=Cc2cc(C)n(-c3ccc(OC)cc3)c2C)CC1. The van der Waals surface area contributed by atoms with Gasteiger partial charge in [-0.2, -0.15) is 5.26 Å². The van der Waals surface area contributed by atoms with E-state index in [1.54, 1.807) is 18.1 Å². The molecule has 7 nitrogen and oxygen atoms in total. The standard InChI is InChI=1S/C24H27N3O4/c1-16-13-19(17(2)27(16)21-5-7-22(30-3)8-6-21)14-20(15-25)23(28)26-11-9-18(10-12-26)24(29)31-4/h5-8,13-14,18H,9-12H2,1-4H3. The molecule has 1 aromatic heterocycles. The van der Waals surface area contributed by atoms with E-state index in [1.807, 2.05) is 44.2 Å². The first-order valence-electron chi connectivity index (χ1n) is 10.2. The first kappa shape index (κ1) is 22.2. The summed E-state index contributed by atoms with van der Waals surface area (Å²) >= 11 is 0. The van der Waals surface area contributed by atoms with Gasteiger partial charge in [0, 0.05) is 30.2 Å². The number of benzene rings is 1. The van der Waals surface area contributed by atoms with E-state index in [0.717, 1.165) is 28.4 Å². The van der Waals surface area contributed by atoms with E-state index in [4.69, 9.17) is 9.47 Å². The highest BCUT2D eigenvalue weighted by Crippen LogP contribution is 2.25. The second-order valence-corrected chi connectivity index (χ2v) is 7.62. The molecule has 1 aromatic carbocycles. The van der Waals surface area contributed by atoms with Crippen LogP contribution in [0.4, 0.5) is 0 Å². The number of carbonyl (C=O) groups excluding carboxylic acids is 2. The lowest BCUT2D eigenvalue weighted by Gasteiger charge is -2.30. The number of hydrogen-bond acceptors (Lipinski definition) is 5. The smallest absolute Gasteiger partial charge is 0.308 e. The maximum atomic E-state index is 12.9. The zero-order valence-electron chi connectivity index (χ0n) is 18.3. The largest absolute Gasteiger partial charge is 0.497 e. The quantitative estimate of drug-likeness (QED) is 0.420. The van der Waals surface area contributed by atoms with Gasteiger partial charge in [-0.1, -0.05) is 0 Å². The van der Waals surface area contributed by atoms with Gasteiger partial charge in [0.2, 0.25) is 0 Å². The number of aromatic nitrogens is 1. The first-order valence-corrected chi connectivity index (χ1v) is 10.2. The molecule has 1 aliphatic rings. The van der Waals surface area contributed by atoms with Crippen LogP contribution in [0, 0.1) is 31.1 Å². The Morgan fingerprint density at radius 2 is 1.77 bits per heavy atom. The van der Waals surface area contributed by atoms with Crippen LogP contribution in [0.1, 0.15) is 29.8 Å². The Morgan fingerprint density at radius 1 is 1.13 bits per heavy atom. The van der Waals surface area contributed by atoms with Gasteiger partial charge in [-0.15, -0.1) is 0 Å². The van der Waals surface area contributed by atoms with Crippen LogP contribution in [0.5, 0.6) is 5.75 Å². The first-order chi connectivity index (χ1) is 14.9. The Balaban J connectivity index is 1.82. The summed E-state index contributed by atoms with van der Waals surface area (Å²) in [5, 5.41) is 9.65. The van der Waals surface area contributed by atoms with Crippen molar-refractivity contribution in [2.24, 2.45) is 5.92 Å². The lowest BCUT2D eigenvalue weighted by Crippen LogP contribution is -2.41. The van der Waals surface area contributed by atoms with Crippen LogP contribution in [-0.2, 0) is 14.3 Å². The predicted octanol–water partition coefficient (Wildman–Crippen LogP) is 3.42. The van der Waals surface area contributed by atoms with Crippen LogP contribution in [0.3, 0.4) is 0 Å². The number of amides is 1. The molecule has 1 fully saturated rings. The molecule has 0 atom stereocenters. The van der Waals surface area contributed by atoms with Crippen LogP contribution in [0.15, 0.2) is 35.9 Å². The van der Waals surface area contributed by atoms with Gasteiger partial charge in [-0.25, -0.2) is 0 Å². The Hall–Kier alpha value is -3.53. The molecular formula is C24H27N3O4. The number of rotatable bonds is 5. The highest BCUT2D eigenvalue weighted by atomic mass is 16.5. The van der Waals surface area contributed by atoms with Crippen molar-refractivity contribution in [2.45, 2.75) is 26.7 Å². The molecule has 162 valence electrons. The van der Waals surface area contributed by atoms with Crippen molar-refractivity contribution in [3.05, 3.63) is 52.9 Å². The maximum absolute atomic E-state index is 12.9. The summed E-state index contributed by atoms with van der Waals surface area (Å²) < 4.78 is 12.1. The van der Waals surface area contributed by atoms with E-state index >= 15 is 0 Å². The van der Waals surface area contributed by atoms with Crippen molar-refractivity contribution < 1.29 is 19.1 Å². The molecule has 1 aliphatic heterocycles. The summed E-state index contributed by atoms with van der Waals surface area (Å²) in [6.07, 6.45) is 2.74. The van der Waals surface area contributed by atoms with E-state index in [0.29, 0.717) is 25.9 Å². The van der Waals surface area contributed by atoms with Gasteiger partial charge in [-0.05, 0) is 68.7 Å². The molecule has 1 amide bonds. The molecule has 2 heterocycles. The summed E-state index contributed by atoms with van der Waals surface area (Å²) in [7, 11) is 3.00. The molecule has 31 heavy (non-hydrogen) atoms. The number of methoxy groups -OCH3 is 2.